The Morgan fingerprint density at radius 1 is 0.593 bits per heavy atom. The first-order valence-corrected chi connectivity index (χ1v) is 15.3. The molecule has 0 aliphatic heterocycles. The lowest BCUT2D eigenvalue weighted by Gasteiger charge is -2.18. The van der Waals surface area contributed by atoms with Crippen LogP contribution in [0, 0.1) is 0 Å². The maximum absolute atomic E-state index is 3.86. The predicted octanol–water partition coefficient (Wildman–Crippen LogP) is 9.20. The van der Waals surface area contributed by atoms with Gasteiger partial charge < -0.3 is 0 Å². The van der Waals surface area contributed by atoms with Gasteiger partial charge in [-0.05, 0) is 60.1 Å². The van der Waals surface area contributed by atoms with Crippen molar-refractivity contribution in [2.75, 3.05) is 25.0 Å². The zero-order chi connectivity index (χ0) is 19.8. The quantitative estimate of drug-likeness (QED) is 0.303. The van der Waals surface area contributed by atoms with E-state index in [1.54, 1.807) is 23.5 Å². The highest BCUT2D eigenvalue weighted by Gasteiger charge is 2.17. The molecule has 0 radical (unpaired) electrons. The van der Waals surface area contributed by atoms with Gasteiger partial charge in [0.1, 0.15) is 0 Å². The molecule has 0 saturated heterocycles. The molecule has 2 aromatic carbocycles. The molecule has 27 heavy (non-hydrogen) atoms. The molecule has 0 aliphatic rings. The molecule has 7 heteroatoms. The van der Waals surface area contributed by atoms with E-state index in [9.17, 15) is 0 Å². The normalized spacial score (nSPS) is 10.8. The Labute approximate surface area is 193 Å². The van der Waals surface area contributed by atoms with Gasteiger partial charge in [0.25, 0.3) is 0 Å². The zero-order valence-corrected chi connectivity index (χ0v) is 21.5. The number of hydrogen-bond donors (Lipinski definition) is 0. The third kappa shape index (κ3) is 6.17. The number of rotatable bonds is 10. The van der Waals surface area contributed by atoms with Gasteiger partial charge in [0, 0.05) is 39.2 Å². The van der Waals surface area contributed by atoms with E-state index < -0.39 is 0 Å². The van der Waals surface area contributed by atoms with Gasteiger partial charge in [0.2, 0.25) is 0 Å². The standard InChI is InChI=1S/C20H22S7/c1-7-25-13-9-15(21-3)19(16(10-13)22-4)27-20-17(23-5)11-14(26-8-2)12-18(20)24-6/h7-12H,1-2H2,3-6H3. The second-order valence-corrected chi connectivity index (χ2v) is 11.5. The second kappa shape index (κ2) is 12.2. The zero-order valence-electron chi connectivity index (χ0n) is 15.7. The van der Waals surface area contributed by atoms with Crippen molar-refractivity contribution in [2.45, 2.75) is 39.2 Å². The van der Waals surface area contributed by atoms with Crippen LogP contribution in [0.15, 0.2) is 87.4 Å². The van der Waals surface area contributed by atoms with Crippen molar-refractivity contribution in [3.8, 4) is 0 Å². The smallest absolute Gasteiger partial charge is 0.0395 e. The molecule has 2 rings (SSSR count). The summed E-state index contributed by atoms with van der Waals surface area (Å²) in [4.78, 5) is 10.5. The summed E-state index contributed by atoms with van der Waals surface area (Å²) in [6, 6.07) is 9.11. The first-order chi connectivity index (χ1) is 13.1. The van der Waals surface area contributed by atoms with E-state index in [0.29, 0.717) is 0 Å². The summed E-state index contributed by atoms with van der Waals surface area (Å²) in [5, 5.41) is 3.79. The lowest BCUT2D eigenvalue weighted by Crippen LogP contribution is -1.90. The Morgan fingerprint density at radius 2 is 0.889 bits per heavy atom. The lowest BCUT2D eigenvalue weighted by atomic mass is 10.3. The van der Waals surface area contributed by atoms with Gasteiger partial charge in [-0.25, -0.2) is 0 Å². The van der Waals surface area contributed by atoms with E-state index in [2.05, 4.69) is 62.4 Å². The van der Waals surface area contributed by atoms with Crippen LogP contribution in [-0.4, -0.2) is 25.0 Å². The summed E-state index contributed by atoms with van der Waals surface area (Å²) in [7, 11) is 0. The van der Waals surface area contributed by atoms with Crippen LogP contribution >= 0.6 is 82.3 Å². The van der Waals surface area contributed by atoms with Crippen molar-refractivity contribution in [1.82, 2.24) is 0 Å². The molecule has 144 valence electrons. The molecule has 0 fully saturated rings. The minimum absolute atomic E-state index is 1.25. The molecule has 0 aliphatic carbocycles. The van der Waals surface area contributed by atoms with Crippen molar-refractivity contribution in [1.29, 1.82) is 0 Å². The van der Waals surface area contributed by atoms with Crippen molar-refractivity contribution < 1.29 is 0 Å². The minimum atomic E-state index is 1.25. The average molecular weight is 487 g/mol. The van der Waals surface area contributed by atoms with Crippen molar-refractivity contribution in [3.63, 3.8) is 0 Å². The fourth-order valence-electron chi connectivity index (χ4n) is 2.34. The van der Waals surface area contributed by atoms with Crippen molar-refractivity contribution in [3.05, 3.63) is 48.2 Å². The molecule has 0 saturated carbocycles. The minimum Gasteiger partial charge on any atom is -0.128 e. The molecule has 0 N–H and O–H groups in total. The van der Waals surface area contributed by atoms with Crippen LogP contribution in [0.2, 0.25) is 0 Å². The Balaban J connectivity index is 2.58. The van der Waals surface area contributed by atoms with E-state index in [4.69, 9.17) is 0 Å². The summed E-state index contributed by atoms with van der Waals surface area (Å²) >= 11 is 12.5. The SMILES string of the molecule is C=CSc1cc(SC)c(Sc2c(SC)cc(SC=C)cc2SC)c(SC)c1. The Kier molecular flexibility index (Phi) is 10.6. The van der Waals surface area contributed by atoms with Gasteiger partial charge >= 0.3 is 0 Å². The van der Waals surface area contributed by atoms with Gasteiger partial charge in [-0.1, -0.05) is 48.4 Å². The van der Waals surface area contributed by atoms with E-state index in [1.165, 1.54) is 39.2 Å². The van der Waals surface area contributed by atoms with Crippen LogP contribution in [0.4, 0.5) is 0 Å². The highest BCUT2D eigenvalue weighted by molar-refractivity contribution is 8.05. The molecule has 0 aromatic heterocycles. The van der Waals surface area contributed by atoms with Crippen molar-refractivity contribution in [2.24, 2.45) is 0 Å². The van der Waals surface area contributed by atoms with Gasteiger partial charge in [0.05, 0.1) is 0 Å². The van der Waals surface area contributed by atoms with Crippen LogP contribution in [0.1, 0.15) is 0 Å². The average Bonchev–Trinajstić information content (AvgIpc) is 2.69. The highest BCUT2D eigenvalue weighted by atomic mass is 32.2. The van der Waals surface area contributed by atoms with Gasteiger partial charge in [-0.15, -0.1) is 47.0 Å². The van der Waals surface area contributed by atoms with E-state index in [0.717, 1.165) is 0 Å². The monoisotopic (exact) mass is 486 g/mol. The van der Waals surface area contributed by atoms with Crippen LogP contribution < -0.4 is 0 Å². The summed E-state index contributed by atoms with van der Waals surface area (Å²) in [5.74, 6) is 0. The van der Waals surface area contributed by atoms with E-state index in [-0.39, 0.29) is 0 Å². The lowest BCUT2D eigenvalue weighted by molar-refractivity contribution is 1.04. The largest absolute Gasteiger partial charge is 0.128 e. The van der Waals surface area contributed by atoms with Gasteiger partial charge in [-0.2, -0.15) is 0 Å². The van der Waals surface area contributed by atoms with Crippen LogP contribution in [0.5, 0.6) is 0 Å². The maximum atomic E-state index is 3.86. The predicted molar refractivity (Wildman–Crippen MR) is 136 cm³/mol. The molecular formula is C20H22S7. The summed E-state index contributed by atoms with van der Waals surface area (Å²) in [6.07, 6.45) is 8.61. The topological polar surface area (TPSA) is 0 Å². The maximum Gasteiger partial charge on any atom is 0.0395 e. The first-order valence-electron chi connectivity index (χ1n) is 7.86. The van der Waals surface area contributed by atoms with Gasteiger partial charge in [0.15, 0.2) is 0 Å². The number of thioether (sulfide) groups is 6. The molecule has 0 unspecified atom stereocenters. The summed E-state index contributed by atoms with van der Waals surface area (Å²) in [6.45, 7) is 7.71. The Bertz CT molecular complexity index is 696. The number of hydrogen-bond acceptors (Lipinski definition) is 7. The summed E-state index contributed by atoms with van der Waals surface area (Å²) in [5.41, 5.74) is 0. The molecule has 2 aromatic rings. The Morgan fingerprint density at radius 3 is 1.11 bits per heavy atom. The summed E-state index contributed by atoms with van der Waals surface area (Å²) < 4.78 is 0. The third-order valence-electron chi connectivity index (χ3n) is 3.51. The molecule has 0 atom stereocenters. The van der Waals surface area contributed by atoms with Crippen molar-refractivity contribution >= 4 is 82.3 Å². The number of benzene rings is 2. The highest BCUT2D eigenvalue weighted by Crippen LogP contribution is 2.49. The van der Waals surface area contributed by atoms with Crippen LogP contribution in [0.25, 0.3) is 0 Å². The Hall–Kier alpha value is 0.370. The van der Waals surface area contributed by atoms with Crippen LogP contribution in [-0.2, 0) is 0 Å². The third-order valence-corrected chi connectivity index (χ3v) is 9.71. The molecular weight excluding hydrogens is 465 g/mol. The molecule has 0 spiro atoms. The molecule has 0 nitrogen and oxygen atoms in total. The van der Waals surface area contributed by atoms with Crippen LogP contribution in [0.3, 0.4) is 0 Å². The fraction of sp³-hybridized carbons (Fsp3) is 0.200. The second-order valence-electron chi connectivity index (χ2n) is 4.98. The first kappa shape index (κ1) is 23.6. The fourth-order valence-corrected chi connectivity index (χ4v) is 8.40. The molecule has 0 amide bonds. The van der Waals surface area contributed by atoms with Gasteiger partial charge in [-0.3, -0.25) is 0 Å². The molecule has 0 heterocycles. The van der Waals surface area contributed by atoms with E-state index >= 15 is 0 Å². The molecule has 0 bridgehead atoms. The van der Waals surface area contributed by atoms with E-state index in [1.807, 2.05) is 69.6 Å².